The van der Waals surface area contributed by atoms with E-state index in [4.69, 9.17) is 4.84 Å². The first kappa shape index (κ1) is 3.91. The van der Waals surface area contributed by atoms with E-state index in [0.29, 0.717) is 6.61 Å². The molecule has 0 bridgehead atoms. The fourth-order valence-corrected chi connectivity index (χ4v) is 0.696. The molecule has 0 spiro atoms. The van der Waals surface area contributed by atoms with Gasteiger partial charge in [-0.1, -0.05) is 0 Å². The van der Waals surface area contributed by atoms with E-state index in [-0.39, 0.29) is 0 Å². The predicted molar refractivity (Wildman–Crippen MR) is 27.0 cm³/mol. The number of rotatable bonds is 0. The number of H-pyrrole nitrogens is 1. The fraction of sp³-hybridized carbons (Fsp3) is 0.250. The molecule has 0 saturated carbocycles. The highest BCUT2D eigenvalue weighted by Gasteiger charge is 2.11. The third-order valence-corrected chi connectivity index (χ3v) is 1.10. The molecular formula is C4H5N3O. The molecule has 1 aromatic rings. The Balaban J connectivity index is 2.54. The van der Waals surface area contributed by atoms with Crippen LogP contribution in [-0.4, -0.2) is 9.97 Å². The predicted octanol–water partition coefficient (Wildman–Crippen LogP) is 0.267. The second kappa shape index (κ2) is 1.23. The largest absolute Gasteiger partial charge is 0.345 e. The van der Waals surface area contributed by atoms with Crippen molar-refractivity contribution >= 4 is 5.82 Å². The Bertz CT molecular complexity index is 176. The number of nitrogens with zero attached hydrogens (tertiary/aromatic N) is 1. The molecule has 2 N–H and O–H groups in total. The van der Waals surface area contributed by atoms with Crippen LogP contribution in [0.2, 0.25) is 0 Å². The van der Waals surface area contributed by atoms with Gasteiger partial charge in [0.15, 0.2) is 5.82 Å². The summed E-state index contributed by atoms with van der Waals surface area (Å²) >= 11 is 0. The summed E-state index contributed by atoms with van der Waals surface area (Å²) in [5.41, 5.74) is 3.66. The standard InChI is InChI=1S/C4H5N3O/c1-3-4(7-8-1)6-2-5-3/h2,7H,1H2,(H,5,6). The van der Waals surface area contributed by atoms with E-state index in [2.05, 4.69) is 15.4 Å². The van der Waals surface area contributed by atoms with Gasteiger partial charge in [0.1, 0.15) is 6.61 Å². The summed E-state index contributed by atoms with van der Waals surface area (Å²) in [7, 11) is 0. The zero-order chi connectivity index (χ0) is 5.40. The molecule has 1 aliphatic rings. The zero-order valence-corrected chi connectivity index (χ0v) is 4.14. The fourth-order valence-electron chi connectivity index (χ4n) is 0.696. The molecule has 0 aliphatic carbocycles. The minimum atomic E-state index is 0.593. The third-order valence-electron chi connectivity index (χ3n) is 1.10. The summed E-state index contributed by atoms with van der Waals surface area (Å²) in [6, 6.07) is 0. The molecule has 42 valence electrons. The second-order valence-electron chi connectivity index (χ2n) is 1.62. The zero-order valence-electron chi connectivity index (χ0n) is 4.14. The lowest BCUT2D eigenvalue weighted by molar-refractivity contribution is 0.198. The van der Waals surface area contributed by atoms with Crippen LogP contribution >= 0.6 is 0 Å². The molecular weight excluding hydrogens is 106 g/mol. The Kier molecular flexibility index (Phi) is 0.599. The van der Waals surface area contributed by atoms with Crippen molar-refractivity contribution in [3.8, 4) is 0 Å². The minimum Gasteiger partial charge on any atom is -0.345 e. The highest BCUT2D eigenvalue weighted by molar-refractivity contribution is 5.39. The summed E-state index contributed by atoms with van der Waals surface area (Å²) in [6.07, 6.45) is 1.64. The Hall–Kier alpha value is -1.03. The lowest BCUT2D eigenvalue weighted by Gasteiger charge is -1.85. The van der Waals surface area contributed by atoms with Crippen molar-refractivity contribution in [2.24, 2.45) is 0 Å². The van der Waals surface area contributed by atoms with E-state index in [0.717, 1.165) is 11.5 Å². The van der Waals surface area contributed by atoms with Crippen LogP contribution in [0.5, 0.6) is 0 Å². The average Bonchev–Trinajstić information content (AvgIpc) is 2.15. The first-order chi connectivity index (χ1) is 3.97. The number of aromatic amines is 1. The van der Waals surface area contributed by atoms with Crippen LogP contribution in [0.3, 0.4) is 0 Å². The highest BCUT2D eigenvalue weighted by Crippen LogP contribution is 2.15. The van der Waals surface area contributed by atoms with Crippen molar-refractivity contribution in [1.29, 1.82) is 0 Å². The van der Waals surface area contributed by atoms with Gasteiger partial charge in [-0.3, -0.25) is 4.84 Å². The van der Waals surface area contributed by atoms with Crippen LogP contribution in [0.15, 0.2) is 6.33 Å². The van der Waals surface area contributed by atoms with Gasteiger partial charge in [-0.05, 0) is 0 Å². The molecule has 0 unspecified atom stereocenters. The van der Waals surface area contributed by atoms with Crippen molar-refractivity contribution in [3.05, 3.63) is 12.0 Å². The molecule has 0 fully saturated rings. The van der Waals surface area contributed by atoms with Gasteiger partial charge in [-0.15, -0.1) is 0 Å². The number of hydrogen-bond acceptors (Lipinski definition) is 3. The SMILES string of the molecule is c1nc2c([nH]1)CON2. The van der Waals surface area contributed by atoms with E-state index < -0.39 is 0 Å². The summed E-state index contributed by atoms with van der Waals surface area (Å²) in [5, 5.41) is 0. The summed E-state index contributed by atoms with van der Waals surface area (Å²) < 4.78 is 0. The highest BCUT2D eigenvalue weighted by atomic mass is 16.7. The van der Waals surface area contributed by atoms with Gasteiger partial charge in [-0.25, -0.2) is 10.5 Å². The van der Waals surface area contributed by atoms with Gasteiger partial charge in [0.25, 0.3) is 0 Å². The number of aromatic nitrogens is 2. The maximum absolute atomic E-state index is 4.81. The number of nitrogens with one attached hydrogen (secondary N) is 2. The summed E-state index contributed by atoms with van der Waals surface area (Å²) in [4.78, 5) is 11.6. The Labute approximate surface area is 45.8 Å². The number of hydrogen-bond donors (Lipinski definition) is 2. The van der Waals surface area contributed by atoms with Crippen molar-refractivity contribution in [3.63, 3.8) is 0 Å². The molecule has 0 saturated heterocycles. The van der Waals surface area contributed by atoms with Crippen molar-refractivity contribution in [1.82, 2.24) is 9.97 Å². The van der Waals surface area contributed by atoms with E-state index in [1.165, 1.54) is 0 Å². The molecule has 8 heavy (non-hydrogen) atoms. The molecule has 4 heteroatoms. The van der Waals surface area contributed by atoms with Crippen molar-refractivity contribution in [2.45, 2.75) is 6.61 Å². The van der Waals surface area contributed by atoms with Gasteiger partial charge < -0.3 is 4.98 Å². The number of anilines is 1. The van der Waals surface area contributed by atoms with Crippen LogP contribution in [0.25, 0.3) is 0 Å². The Morgan fingerprint density at radius 1 is 1.75 bits per heavy atom. The third kappa shape index (κ3) is 0.350. The van der Waals surface area contributed by atoms with Crippen LogP contribution in [0.4, 0.5) is 5.82 Å². The van der Waals surface area contributed by atoms with Crippen LogP contribution < -0.4 is 5.48 Å². The van der Waals surface area contributed by atoms with E-state index in [1.54, 1.807) is 6.33 Å². The smallest absolute Gasteiger partial charge is 0.173 e. The molecule has 0 aromatic carbocycles. The first-order valence-electron chi connectivity index (χ1n) is 2.37. The molecule has 4 nitrogen and oxygen atoms in total. The molecule has 2 rings (SSSR count). The number of imidazole rings is 1. The van der Waals surface area contributed by atoms with Gasteiger partial charge in [0.2, 0.25) is 0 Å². The molecule has 0 radical (unpaired) electrons. The first-order valence-corrected chi connectivity index (χ1v) is 2.37. The topological polar surface area (TPSA) is 49.9 Å². The lowest BCUT2D eigenvalue weighted by Crippen LogP contribution is -1.88. The van der Waals surface area contributed by atoms with E-state index >= 15 is 0 Å². The van der Waals surface area contributed by atoms with Gasteiger partial charge in [-0.2, -0.15) is 0 Å². The van der Waals surface area contributed by atoms with Crippen LogP contribution in [0, 0.1) is 0 Å². The summed E-state index contributed by atoms with van der Waals surface area (Å²) in [6.45, 7) is 0.593. The van der Waals surface area contributed by atoms with E-state index in [9.17, 15) is 0 Å². The van der Waals surface area contributed by atoms with Crippen molar-refractivity contribution < 1.29 is 4.84 Å². The van der Waals surface area contributed by atoms with E-state index in [1.807, 2.05) is 0 Å². The lowest BCUT2D eigenvalue weighted by atomic mass is 10.5. The average molecular weight is 111 g/mol. The molecule has 0 amide bonds. The monoisotopic (exact) mass is 111 g/mol. The van der Waals surface area contributed by atoms with Gasteiger partial charge >= 0.3 is 0 Å². The maximum Gasteiger partial charge on any atom is 0.173 e. The second-order valence-corrected chi connectivity index (χ2v) is 1.62. The normalized spacial score (nSPS) is 15.5. The van der Waals surface area contributed by atoms with Gasteiger partial charge in [0.05, 0.1) is 12.0 Å². The summed E-state index contributed by atoms with van der Waals surface area (Å²) in [5.74, 6) is 0.810. The molecule has 2 heterocycles. The maximum atomic E-state index is 4.81. The van der Waals surface area contributed by atoms with Gasteiger partial charge in [0, 0.05) is 0 Å². The quantitative estimate of drug-likeness (QED) is 0.505. The number of fused-ring (bicyclic) bond motifs is 1. The van der Waals surface area contributed by atoms with Crippen LogP contribution in [0.1, 0.15) is 5.69 Å². The molecule has 0 atom stereocenters. The Morgan fingerprint density at radius 2 is 2.75 bits per heavy atom. The minimum absolute atomic E-state index is 0.593. The Morgan fingerprint density at radius 3 is 3.62 bits per heavy atom. The van der Waals surface area contributed by atoms with Crippen molar-refractivity contribution in [2.75, 3.05) is 5.48 Å². The molecule has 1 aromatic heterocycles. The molecule has 1 aliphatic heterocycles. The van der Waals surface area contributed by atoms with Crippen LogP contribution in [-0.2, 0) is 11.4 Å².